The van der Waals surface area contributed by atoms with Gasteiger partial charge in [-0.25, -0.2) is 0 Å². The van der Waals surface area contributed by atoms with Gasteiger partial charge in [-0.3, -0.25) is 9.59 Å². The van der Waals surface area contributed by atoms with Gasteiger partial charge in [0.05, 0.1) is 17.9 Å². The maximum Gasteiger partial charge on any atom is 0.266 e. The van der Waals surface area contributed by atoms with Crippen molar-refractivity contribution in [1.82, 2.24) is 15.1 Å². The highest BCUT2D eigenvalue weighted by atomic mass is 32.1. The summed E-state index contributed by atoms with van der Waals surface area (Å²) in [5.41, 5.74) is 13.2. The number of aromatic nitrogens is 2. The van der Waals surface area contributed by atoms with E-state index in [1.165, 1.54) is 23.3 Å². The number of primary amides is 1. The number of aryl methyl sites for hydroxylation is 2. The molecule has 0 fully saturated rings. The Hall–Kier alpha value is -2.22. The number of nitrogens with two attached hydrogens (primary N) is 2. The number of carbonyl (C=O) groups is 2. The lowest BCUT2D eigenvalue weighted by atomic mass is 10.1. The molecular weight excluding hydrogens is 278 g/mol. The molecular formula is C12H15N5O2S. The minimum absolute atomic E-state index is 0.157. The average molecular weight is 293 g/mol. The van der Waals surface area contributed by atoms with Crippen molar-refractivity contribution in [3.8, 4) is 0 Å². The Bertz CT molecular complexity index is 709. The molecule has 0 aliphatic carbocycles. The molecule has 2 heterocycles. The van der Waals surface area contributed by atoms with Crippen LogP contribution < -0.4 is 11.5 Å². The first-order chi connectivity index (χ1) is 9.32. The van der Waals surface area contributed by atoms with Gasteiger partial charge >= 0.3 is 0 Å². The molecule has 4 N–H and O–H groups in total. The highest BCUT2D eigenvalue weighted by molar-refractivity contribution is 7.21. The van der Waals surface area contributed by atoms with E-state index in [2.05, 4.69) is 10.2 Å². The Morgan fingerprint density at radius 1 is 1.30 bits per heavy atom. The molecule has 0 atom stereocenters. The first-order valence-corrected chi connectivity index (χ1v) is 6.70. The highest BCUT2D eigenvalue weighted by Crippen LogP contribution is 2.35. The summed E-state index contributed by atoms with van der Waals surface area (Å²) in [6.07, 6.45) is 0. The lowest BCUT2D eigenvalue weighted by molar-refractivity contribution is -0.118. The second kappa shape index (κ2) is 5.04. The summed E-state index contributed by atoms with van der Waals surface area (Å²) in [5, 5.41) is 8.82. The molecule has 2 aromatic rings. The second-order valence-electron chi connectivity index (χ2n) is 4.56. The third-order valence-electron chi connectivity index (χ3n) is 3.07. The van der Waals surface area contributed by atoms with Crippen molar-refractivity contribution in [3.63, 3.8) is 0 Å². The number of fused-ring (bicyclic) bond motifs is 1. The van der Waals surface area contributed by atoms with Gasteiger partial charge in [-0.2, -0.15) is 5.10 Å². The smallest absolute Gasteiger partial charge is 0.266 e. The molecule has 20 heavy (non-hydrogen) atoms. The van der Waals surface area contributed by atoms with Crippen molar-refractivity contribution >= 4 is 39.1 Å². The number of nitrogen functional groups attached to an aromatic ring is 1. The summed E-state index contributed by atoms with van der Waals surface area (Å²) < 4.78 is 0. The number of hydrogen-bond acceptors (Lipinski definition) is 6. The van der Waals surface area contributed by atoms with Crippen LogP contribution >= 0.6 is 11.3 Å². The summed E-state index contributed by atoms with van der Waals surface area (Å²) in [6.45, 7) is 3.56. The highest BCUT2D eigenvalue weighted by Gasteiger charge is 2.22. The van der Waals surface area contributed by atoms with E-state index in [-0.39, 0.29) is 12.5 Å². The summed E-state index contributed by atoms with van der Waals surface area (Å²) in [5.74, 6) is -0.922. The number of amides is 2. The number of rotatable bonds is 3. The normalized spacial score (nSPS) is 10.8. The van der Waals surface area contributed by atoms with Gasteiger partial charge in [0.2, 0.25) is 5.91 Å². The van der Waals surface area contributed by atoms with Crippen molar-refractivity contribution in [1.29, 1.82) is 0 Å². The molecule has 2 amide bonds. The fourth-order valence-electron chi connectivity index (χ4n) is 1.88. The molecule has 2 aromatic heterocycles. The quantitative estimate of drug-likeness (QED) is 0.852. The predicted octanol–water partition coefficient (Wildman–Crippen LogP) is 0.448. The molecule has 0 aromatic carbocycles. The number of carbonyl (C=O) groups excluding carboxylic acids is 2. The zero-order valence-corrected chi connectivity index (χ0v) is 12.2. The van der Waals surface area contributed by atoms with E-state index in [1.54, 1.807) is 0 Å². The van der Waals surface area contributed by atoms with E-state index in [1.807, 2.05) is 13.8 Å². The number of anilines is 1. The van der Waals surface area contributed by atoms with E-state index in [0.717, 1.165) is 16.6 Å². The van der Waals surface area contributed by atoms with E-state index >= 15 is 0 Å². The summed E-state index contributed by atoms with van der Waals surface area (Å²) in [4.78, 5) is 25.3. The standard InChI is InChI=1S/C12H15N5O2S/c1-5-6(2)15-16-11-8(5)9(14)10(20-11)12(19)17(3)4-7(13)18/h4,14H2,1-3H3,(H2,13,18). The summed E-state index contributed by atoms with van der Waals surface area (Å²) in [6, 6.07) is 0. The average Bonchev–Trinajstić information content (AvgIpc) is 2.70. The van der Waals surface area contributed by atoms with Crippen molar-refractivity contribution in [2.45, 2.75) is 13.8 Å². The van der Waals surface area contributed by atoms with Crippen molar-refractivity contribution < 1.29 is 9.59 Å². The molecule has 0 radical (unpaired) electrons. The Balaban J connectivity index is 2.51. The first-order valence-electron chi connectivity index (χ1n) is 5.88. The van der Waals surface area contributed by atoms with Crippen LogP contribution in [0, 0.1) is 13.8 Å². The molecule has 0 aliphatic rings. The second-order valence-corrected chi connectivity index (χ2v) is 5.56. The van der Waals surface area contributed by atoms with Crippen LogP contribution in [-0.2, 0) is 4.79 Å². The monoisotopic (exact) mass is 293 g/mol. The molecule has 106 valence electrons. The number of likely N-dealkylation sites (N-methyl/N-ethyl adjacent to an activating group) is 1. The predicted molar refractivity (Wildman–Crippen MR) is 77.5 cm³/mol. The summed E-state index contributed by atoms with van der Waals surface area (Å²) >= 11 is 1.17. The summed E-state index contributed by atoms with van der Waals surface area (Å²) in [7, 11) is 1.50. The van der Waals surface area contributed by atoms with Crippen LogP contribution in [0.25, 0.3) is 10.2 Å². The van der Waals surface area contributed by atoms with Gasteiger partial charge in [-0.05, 0) is 19.4 Å². The maximum atomic E-state index is 12.3. The van der Waals surface area contributed by atoms with Crippen molar-refractivity contribution in [2.24, 2.45) is 5.73 Å². The Kier molecular flexibility index (Phi) is 3.58. The lowest BCUT2D eigenvalue weighted by Gasteiger charge is -2.14. The van der Waals surface area contributed by atoms with Crippen molar-refractivity contribution in [3.05, 3.63) is 16.1 Å². The van der Waals surface area contributed by atoms with Gasteiger partial charge < -0.3 is 16.4 Å². The fourth-order valence-corrected chi connectivity index (χ4v) is 2.97. The Morgan fingerprint density at radius 3 is 2.55 bits per heavy atom. The third-order valence-corrected chi connectivity index (χ3v) is 4.15. The van der Waals surface area contributed by atoms with Gasteiger partial charge in [-0.1, -0.05) is 0 Å². The maximum absolute atomic E-state index is 12.3. The minimum Gasteiger partial charge on any atom is -0.397 e. The lowest BCUT2D eigenvalue weighted by Crippen LogP contribution is -2.35. The molecule has 0 spiro atoms. The van der Waals surface area contributed by atoms with Crippen LogP contribution in [0.2, 0.25) is 0 Å². The van der Waals surface area contributed by atoms with Gasteiger partial charge in [-0.15, -0.1) is 16.4 Å². The van der Waals surface area contributed by atoms with Crippen LogP contribution in [-0.4, -0.2) is 40.5 Å². The molecule has 0 saturated heterocycles. The molecule has 7 nitrogen and oxygen atoms in total. The topological polar surface area (TPSA) is 115 Å². The van der Waals surface area contributed by atoms with E-state index in [0.29, 0.717) is 15.4 Å². The minimum atomic E-state index is -0.577. The number of hydrogen-bond donors (Lipinski definition) is 2. The van der Waals surface area contributed by atoms with Crippen molar-refractivity contribution in [2.75, 3.05) is 19.3 Å². The number of nitrogens with zero attached hydrogens (tertiary/aromatic N) is 3. The fraction of sp³-hybridized carbons (Fsp3) is 0.333. The Labute approximate surface area is 119 Å². The van der Waals surface area contributed by atoms with Crippen LogP contribution in [0.4, 0.5) is 5.69 Å². The van der Waals surface area contributed by atoms with E-state index in [9.17, 15) is 9.59 Å². The van der Waals surface area contributed by atoms with Gasteiger partial charge in [0.15, 0.2) is 0 Å². The van der Waals surface area contributed by atoms with Gasteiger partial charge in [0.1, 0.15) is 9.71 Å². The van der Waals surface area contributed by atoms with E-state index < -0.39 is 5.91 Å². The molecule has 0 aliphatic heterocycles. The third kappa shape index (κ3) is 2.29. The first kappa shape index (κ1) is 14.2. The zero-order chi connectivity index (χ0) is 15.0. The van der Waals surface area contributed by atoms with Gasteiger partial charge in [0.25, 0.3) is 5.91 Å². The van der Waals surface area contributed by atoms with Crippen LogP contribution in [0.3, 0.4) is 0 Å². The van der Waals surface area contributed by atoms with Gasteiger partial charge in [0, 0.05) is 12.4 Å². The molecule has 0 saturated carbocycles. The van der Waals surface area contributed by atoms with Crippen LogP contribution in [0.5, 0.6) is 0 Å². The molecule has 0 bridgehead atoms. The molecule has 0 unspecified atom stereocenters. The zero-order valence-electron chi connectivity index (χ0n) is 11.4. The van der Waals surface area contributed by atoms with Crippen LogP contribution in [0.1, 0.15) is 20.9 Å². The largest absolute Gasteiger partial charge is 0.397 e. The Morgan fingerprint density at radius 2 is 1.95 bits per heavy atom. The number of thiophene rings is 1. The van der Waals surface area contributed by atoms with E-state index in [4.69, 9.17) is 11.5 Å². The molecule has 2 rings (SSSR count). The van der Waals surface area contributed by atoms with Crippen LogP contribution in [0.15, 0.2) is 0 Å². The molecule has 8 heteroatoms. The SMILES string of the molecule is Cc1nnc2sc(C(=O)N(C)CC(N)=O)c(N)c2c1C.